The molecule has 0 saturated carbocycles. The Labute approximate surface area is 153 Å². The minimum Gasteiger partial charge on any atom is -0.477 e. The average Bonchev–Trinajstić information content (AvgIpc) is 3.37. The fourth-order valence-corrected chi connectivity index (χ4v) is 2.67. The molecule has 3 heterocycles. The first-order valence-electron chi connectivity index (χ1n) is 8.05. The van der Waals surface area contributed by atoms with Crippen LogP contribution in [0.5, 0.6) is 0 Å². The van der Waals surface area contributed by atoms with Gasteiger partial charge in [0.1, 0.15) is 12.7 Å². The second-order valence-electron chi connectivity index (χ2n) is 5.59. The lowest BCUT2D eigenvalue weighted by molar-refractivity contribution is 0.0698. The van der Waals surface area contributed by atoms with Crippen molar-refractivity contribution >= 4 is 11.8 Å². The van der Waals surface area contributed by atoms with E-state index in [1.807, 2.05) is 12.1 Å². The summed E-state index contributed by atoms with van der Waals surface area (Å²) in [6.45, 7) is 0.282. The molecule has 0 radical (unpaired) electrons. The summed E-state index contributed by atoms with van der Waals surface area (Å²) >= 11 is 0. The first-order valence-corrected chi connectivity index (χ1v) is 8.05. The molecule has 0 aliphatic carbocycles. The highest BCUT2D eigenvalue weighted by Gasteiger charge is 2.23. The predicted molar refractivity (Wildman–Crippen MR) is 95.4 cm³/mol. The van der Waals surface area contributed by atoms with Gasteiger partial charge in [-0.25, -0.2) is 19.4 Å². The predicted octanol–water partition coefficient (Wildman–Crippen LogP) is 2.63. The zero-order valence-corrected chi connectivity index (χ0v) is 14.0. The summed E-state index contributed by atoms with van der Waals surface area (Å²) < 4.78 is 6.83. The SMILES string of the molecule is O=C(O)c1c(NCc2cccnc2-n2cncn2)noc1-c1ccccc1. The molecule has 134 valence electrons. The van der Waals surface area contributed by atoms with E-state index in [1.165, 1.54) is 17.3 Å². The number of pyridine rings is 1. The van der Waals surface area contributed by atoms with Crippen molar-refractivity contribution in [3.63, 3.8) is 0 Å². The molecule has 2 N–H and O–H groups in total. The lowest BCUT2D eigenvalue weighted by Gasteiger charge is -2.08. The van der Waals surface area contributed by atoms with Crippen LogP contribution in [0.1, 0.15) is 15.9 Å². The smallest absolute Gasteiger partial charge is 0.343 e. The Morgan fingerprint density at radius 3 is 2.78 bits per heavy atom. The number of aromatic nitrogens is 5. The van der Waals surface area contributed by atoms with E-state index in [9.17, 15) is 9.90 Å². The number of carbonyl (C=O) groups is 1. The quantitative estimate of drug-likeness (QED) is 0.537. The maximum absolute atomic E-state index is 11.8. The van der Waals surface area contributed by atoms with Crippen LogP contribution in [0.2, 0.25) is 0 Å². The van der Waals surface area contributed by atoms with Crippen molar-refractivity contribution in [3.05, 3.63) is 72.4 Å². The molecule has 4 rings (SSSR count). The second kappa shape index (κ2) is 7.08. The standard InChI is InChI=1S/C18H14N6O3/c25-18(26)14-15(12-5-2-1-3-6-12)27-23-16(14)21-9-13-7-4-8-20-17(13)24-11-19-10-22-24/h1-8,10-11H,9H2,(H,21,23)(H,25,26). The Hall–Kier alpha value is -4.01. The normalized spacial score (nSPS) is 10.7. The Morgan fingerprint density at radius 1 is 1.19 bits per heavy atom. The van der Waals surface area contributed by atoms with Gasteiger partial charge in [0.05, 0.1) is 0 Å². The third-order valence-electron chi connectivity index (χ3n) is 3.89. The molecule has 0 bridgehead atoms. The van der Waals surface area contributed by atoms with Crippen molar-refractivity contribution in [3.8, 4) is 17.1 Å². The zero-order valence-electron chi connectivity index (χ0n) is 14.0. The Morgan fingerprint density at radius 2 is 2.04 bits per heavy atom. The summed E-state index contributed by atoms with van der Waals surface area (Å²) in [5.74, 6) is -0.186. The van der Waals surface area contributed by atoms with Crippen LogP contribution < -0.4 is 5.32 Å². The molecule has 0 aliphatic rings. The molecule has 0 saturated heterocycles. The number of hydrogen-bond donors (Lipinski definition) is 2. The molecular weight excluding hydrogens is 348 g/mol. The fraction of sp³-hybridized carbons (Fsp3) is 0.0556. The van der Waals surface area contributed by atoms with Crippen LogP contribution >= 0.6 is 0 Å². The summed E-state index contributed by atoms with van der Waals surface area (Å²) in [6, 6.07) is 12.6. The summed E-state index contributed by atoms with van der Waals surface area (Å²) in [6.07, 6.45) is 4.60. The Bertz CT molecular complexity index is 1060. The van der Waals surface area contributed by atoms with E-state index < -0.39 is 5.97 Å². The van der Waals surface area contributed by atoms with Crippen LogP contribution in [0.25, 0.3) is 17.1 Å². The molecular formula is C18H14N6O3. The highest BCUT2D eigenvalue weighted by Crippen LogP contribution is 2.29. The Balaban J connectivity index is 1.64. The first-order chi connectivity index (χ1) is 13.2. The number of carboxylic acid groups (broad SMARTS) is 1. The van der Waals surface area contributed by atoms with Gasteiger partial charge in [0.15, 0.2) is 23.0 Å². The number of benzene rings is 1. The van der Waals surface area contributed by atoms with Crippen LogP contribution in [0.4, 0.5) is 5.82 Å². The molecule has 0 amide bonds. The zero-order chi connectivity index (χ0) is 18.6. The van der Waals surface area contributed by atoms with Crippen molar-refractivity contribution in [1.29, 1.82) is 0 Å². The number of nitrogens with zero attached hydrogens (tertiary/aromatic N) is 5. The van der Waals surface area contributed by atoms with Crippen LogP contribution in [0.15, 0.2) is 65.8 Å². The van der Waals surface area contributed by atoms with E-state index in [-0.39, 0.29) is 23.7 Å². The lowest BCUT2D eigenvalue weighted by atomic mass is 10.1. The maximum Gasteiger partial charge on any atom is 0.343 e. The minimum absolute atomic E-state index is 0.0209. The summed E-state index contributed by atoms with van der Waals surface area (Å²) in [7, 11) is 0. The number of aromatic carboxylic acids is 1. The third-order valence-corrected chi connectivity index (χ3v) is 3.89. The van der Waals surface area contributed by atoms with E-state index >= 15 is 0 Å². The minimum atomic E-state index is -1.12. The maximum atomic E-state index is 11.8. The molecule has 0 aliphatic heterocycles. The fourth-order valence-electron chi connectivity index (χ4n) is 2.67. The topological polar surface area (TPSA) is 119 Å². The van der Waals surface area contributed by atoms with Crippen LogP contribution in [-0.4, -0.2) is 36.0 Å². The second-order valence-corrected chi connectivity index (χ2v) is 5.59. The lowest BCUT2D eigenvalue weighted by Crippen LogP contribution is -2.10. The van der Waals surface area contributed by atoms with Gasteiger partial charge in [-0.1, -0.05) is 41.6 Å². The van der Waals surface area contributed by atoms with E-state index in [0.717, 1.165) is 5.56 Å². The molecule has 0 fully saturated rings. The molecule has 9 nitrogen and oxygen atoms in total. The number of nitrogens with one attached hydrogen (secondary N) is 1. The highest BCUT2D eigenvalue weighted by molar-refractivity contribution is 5.99. The van der Waals surface area contributed by atoms with Gasteiger partial charge in [0, 0.05) is 23.9 Å². The molecule has 27 heavy (non-hydrogen) atoms. The van der Waals surface area contributed by atoms with Crippen LogP contribution in [-0.2, 0) is 6.54 Å². The average molecular weight is 362 g/mol. The van der Waals surface area contributed by atoms with Gasteiger partial charge in [-0.15, -0.1) is 0 Å². The molecule has 0 atom stereocenters. The van der Waals surface area contributed by atoms with E-state index in [0.29, 0.717) is 11.4 Å². The first kappa shape index (κ1) is 16.5. The Kier molecular flexibility index (Phi) is 4.32. The van der Waals surface area contributed by atoms with Gasteiger partial charge >= 0.3 is 5.97 Å². The van der Waals surface area contributed by atoms with Crippen molar-refractivity contribution in [2.24, 2.45) is 0 Å². The van der Waals surface area contributed by atoms with Gasteiger partial charge in [0.2, 0.25) is 0 Å². The number of rotatable bonds is 6. The van der Waals surface area contributed by atoms with Gasteiger partial charge in [-0.2, -0.15) is 5.10 Å². The summed E-state index contributed by atoms with van der Waals surface area (Å²) in [4.78, 5) is 20.0. The molecule has 1 aromatic carbocycles. The molecule has 9 heteroatoms. The molecule has 0 unspecified atom stereocenters. The monoisotopic (exact) mass is 362 g/mol. The van der Waals surface area contributed by atoms with Crippen LogP contribution in [0, 0.1) is 0 Å². The van der Waals surface area contributed by atoms with Gasteiger partial charge in [0.25, 0.3) is 0 Å². The summed E-state index contributed by atoms with van der Waals surface area (Å²) in [5, 5.41) is 20.6. The van der Waals surface area contributed by atoms with Crippen molar-refractivity contribution < 1.29 is 14.4 Å². The van der Waals surface area contributed by atoms with Gasteiger partial charge < -0.3 is 14.9 Å². The van der Waals surface area contributed by atoms with Gasteiger partial charge in [-0.05, 0) is 6.07 Å². The van der Waals surface area contributed by atoms with E-state index in [2.05, 4.69) is 25.5 Å². The number of carboxylic acids is 1. The highest BCUT2D eigenvalue weighted by atomic mass is 16.5. The molecule has 0 spiro atoms. The number of anilines is 1. The number of hydrogen-bond acceptors (Lipinski definition) is 7. The van der Waals surface area contributed by atoms with Crippen molar-refractivity contribution in [1.82, 2.24) is 24.9 Å². The molecule has 3 aromatic heterocycles. The van der Waals surface area contributed by atoms with Crippen molar-refractivity contribution in [2.45, 2.75) is 6.54 Å². The van der Waals surface area contributed by atoms with E-state index in [4.69, 9.17) is 4.52 Å². The van der Waals surface area contributed by atoms with Gasteiger partial charge in [-0.3, -0.25) is 0 Å². The van der Waals surface area contributed by atoms with Crippen LogP contribution in [0.3, 0.4) is 0 Å². The third kappa shape index (κ3) is 3.25. The van der Waals surface area contributed by atoms with E-state index in [1.54, 1.807) is 36.5 Å². The van der Waals surface area contributed by atoms with Crippen molar-refractivity contribution in [2.75, 3.05) is 5.32 Å². The molecule has 4 aromatic rings. The summed E-state index contributed by atoms with van der Waals surface area (Å²) in [5.41, 5.74) is 1.41. The largest absolute Gasteiger partial charge is 0.477 e.